The molecule has 0 unspecified atom stereocenters. The zero-order valence-corrected chi connectivity index (χ0v) is 13.3. The highest BCUT2D eigenvalue weighted by atomic mass is 32.1. The standard InChI is InChI=1S/C16H17N3OS/c1-10-13(9-17)15(21-19-10)18-14(20)11-5-7-12(8-6-11)16(2,3)4/h5-8H,1-4H3,(H,18,20). The van der Waals surface area contributed by atoms with Crippen molar-refractivity contribution in [2.24, 2.45) is 0 Å². The fourth-order valence-electron chi connectivity index (χ4n) is 1.88. The van der Waals surface area contributed by atoms with Crippen molar-refractivity contribution in [3.63, 3.8) is 0 Å². The Labute approximate surface area is 128 Å². The van der Waals surface area contributed by atoms with E-state index in [0.717, 1.165) is 11.5 Å². The molecule has 1 heterocycles. The van der Waals surface area contributed by atoms with E-state index in [2.05, 4.69) is 36.5 Å². The van der Waals surface area contributed by atoms with Crippen LogP contribution >= 0.6 is 11.5 Å². The number of nitriles is 1. The molecule has 1 aromatic carbocycles. The minimum atomic E-state index is -0.226. The first-order valence-electron chi connectivity index (χ1n) is 6.61. The molecule has 5 heteroatoms. The summed E-state index contributed by atoms with van der Waals surface area (Å²) >= 11 is 1.13. The number of anilines is 1. The van der Waals surface area contributed by atoms with Crippen LogP contribution in [0.2, 0.25) is 0 Å². The summed E-state index contributed by atoms with van der Waals surface area (Å²) in [6, 6.07) is 9.58. The number of aryl methyl sites for hydroxylation is 1. The number of nitrogens with one attached hydrogen (secondary N) is 1. The minimum absolute atomic E-state index is 0.0533. The Bertz CT molecular complexity index is 703. The van der Waals surface area contributed by atoms with E-state index >= 15 is 0 Å². The lowest BCUT2D eigenvalue weighted by Crippen LogP contribution is -2.14. The van der Waals surface area contributed by atoms with E-state index in [1.165, 1.54) is 5.56 Å². The molecule has 108 valence electrons. The zero-order valence-electron chi connectivity index (χ0n) is 12.5. The van der Waals surface area contributed by atoms with Crippen molar-refractivity contribution < 1.29 is 4.79 Å². The van der Waals surface area contributed by atoms with Gasteiger partial charge in [0.1, 0.15) is 16.6 Å². The molecule has 0 saturated carbocycles. The second-order valence-electron chi connectivity index (χ2n) is 5.87. The van der Waals surface area contributed by atoms with Crippen LogP contribution in [0.4, 0.5) is 5.00 Å². The third-order valence-corrected chi connectivity index (χ3v) is 4.07. The maximum absolute atomic E-state index is 12.2. The molecular formula is C16H17N3OS. The molecule has 0 atom stereocenters. The largest absolute Gasteiger partial charge is 0.311 e. The Morgan fingerprint density at radius 2 is 1.90 bits per heavy atom. The highest BCUT2D eigenvalue weighted by molar-refractivity contribution is 7.10. The molecule has 4 nitrogen and oxygen atoms in total. The molecule has 0 saturated heterocycles. The maximum Gasteiger partial charge on any atom is 0.256 e. The van der Waals surface area contributed by atoms with Crippen molar-refractivity contribution in [1.29, 1.82) is 5.26 Å². The van der Waals surface area contributed by atoms with Crippen molar-refractivity contribution in [1.82, 2.24) is 4.37 Å². The smallest absolute Gasteiger partial charge is 0.256 e. The summed E-state index contributed by atoms with van der Waals surface area (Å²) < 4.78 is 4.08. The minimum Gasteiger partial charge on any atom is -0.311 e. The lowest BCUT2D eigenvalue weighted by molar-refractivity contribution is 0.102. The van der Waals surface area contributed by atoms with Crippen molar-refractivity contribution in [3.8, 4) is 6.07 Å². The van der Waals surface area contributed by atoms with Gasteiger partial charge in [0, 0.05) is 5.56 Å². The van der Waals surface area contributed by atoms with Gasteiger partial charge in [0.2, 0.25) is 0 Å². The first-order valence-corrected chi connectivity index (χ1v) is 7.38. The molecule has 2 aromatic rings. The van der Waals surface area contributed by atoms with E-state index in [9.17, 15) is 4.79 Å². The Kier molecular flexibility index (Phi) is 4.10. The van der Waals surface area contributed by atoms with Gasteiger partial charge < -0.3 is 5.32 Å². The van der Waals surface area contributed by atoms with E-state index in [4.69, 9.17) is 5.26 Å². The molecule has 2 rings (SSSR count). The molecule has 0 spiro atoms. The van der Waals surface area contributed by atoms with Gasteiger partial charge in [-0.15, -0.1) is 0 Å². The quantitative estimate of drug-likeness (QED) is 0.915. The lowest BCUT2D eigenvalue weighted by Gasteiger charge is -2.19. The molecule has 0 bridgehead atoms. The fourth-order valence-corrected chi connectivity index (χ4v) is 2.63. The predicted molar refractivity (Wildman–Crippen MR) is 84.7 cm³/mol. The summed E-state index contributed by atoms with van der Waals surface area (Å²) in [5, 5.41) is 12.3. The number of carbonyl (C=O) groups excluding carboxylic acids is 1. The summed E-state index contributed by atoms with van der Waals surface area (Å²) in [6.45, 7) is 8.13. The number of benzene rings is 1. The lowest BCUT2D eigenvalue weighted by atomic mass is 9.87. The average Bonchev–Trinajstić information content (AvgIpc) is 2.78. The van der Waals surface area contributed by atoms with E-state index in [1.54, 1.807) is 19.1 Å². The van der Waals surface area contributed by atoms with Crippen LogP contribution in [0.1, 0.15) is 48.0 Å². The Balaban J connectivity index is 2.19. The number of amides is 1. The van der Waals surface area contributed by atoms with Crippen LogP contribution in [0.25, 0.3) is 0 Å². The highest BCUT2D eigenvalue weighted by Gasteiger charge is 2.16. The van der Waals surface area contributed by atoms with Gasteiger partial charge in [0.05, 0.1) is 5.69 Å². The number of hydrogen-bond donors (Lipinski definition) is 1. The first kappa shape index (κ1) is 15.2. The van der Waals surface area contributed by atoms with Crippen molar-refractivity contribution in [2.45, 2.75) is 33.1 Å². The van der Waals surface area contributed by atoms with Crippen LogP contribution in [0.5, 0.6) is 0 Å². The van der Waals surface area contributed by atoms with Crippen LogP contribution in [-0.4, -0.2) is 10.3 Å². The summed E-state index contributed by atoms with van der Waals surface area (Å²) in [6.07, 6.45) is 0. The predicted octanol–water partition coefficient (Wildman–Crippen LogP) is 3.87. The topological polar surface area (TPSA) is 65.8 Å². The molecule has 21 heavy (non-hydrogen) atoms. The molecule has 0 fully saturated rings. The zero-order chi connectivity index (χ0) is 15.6. The molecule has 0 aliphatic rings. The highest BCUT2D eigenvalue weighted by Crippen LogP contribution is 2.25. The maximum atomic E-state index is 12.2. The second kappa shape index (κ2) is 5.66. The van der Waals surface area contributed by atoms with Gasteiger partial charge in [-0.1, -0.05) is 32.9 Å². The monoisotopic (exact) mass is 299 g/mol. The van der Waals surface area contributed by atoms with Crippen LogP contribution in [-0.2, 0) is 5.41 Å². The Morgan fingerprint density at radius 1 is 1.29 bits per heavy atom. The normalized spacial score (nSPS) is 11.0. The molecule has 1 aromatic heterocycles. The van der Waals surface area contributed by atoms with E-state index in [0.29, 0.717) is 21.8 Å². The van der Waals surface area contributed by atoms with E-state index < -0.39 is 0 Å². The first-order chi connectivity index (χ1) is 9.82. The third-order valence-electron chi connectivity index (χ3n) is 3.21. The van der Waals surface area contributed by atoms with Gasteiger partial charge in [-0.3, -0.25) is 4.79 Å². The SMILES string of the molecule is Cc1nsc(NC(=O)c2ccc(C(C)(C)C)cc2)c1C#N. The third kappa shape index (κ3) is 3.29. The van der Waals surface area contributed by atoms with Crippen molar-refractivity contribution in [3.05, 3.63) is 46.6 Å². The summed E-state index contributed by atoms with van der Waals surface area (Å²) in [5.74, 6) is -0.226. The number of hydrogen-bond acceptors (Lipinski definition) is 4. The molecular weight excluding hydrogens is 282 g/mol. The molecule has 0 radical (unpaired) electrons. The number of rotatable bonds is 2. The van der Waals surface area contributed by atoms with Gasteiger partial charge in [0.25, 0.3) is 5.91 Å². The van der Waals surface area contributed by atoms with Crippen LogP contribution in [0, 0.1) is 18.3 Å². The van der Waals surface area contributed by atoms with Crippen LogP contribution in [0.15, 0.2) is 24.3 Å². The summed E-state index contributed by atoms with van der Waals surface area (Å²) in [5.41, 5.74) is 2.86. The van der Waals surface area contributed by atoms with Gasteiger partial charge in [-0.2, -0.15) is 9.64 Å². The molecule has 1 N–H and O–H groups in total. The molecule has 1 amide bonds. The second-order valence-corrected chi connectivity index (χ2v) is 6.64. The van der Waals surface area contributed by atoms with Gasteiger partial charge in [0.15, 0.2) is 0 Å². The van der Waals surface area contributed by atoms with Gasteiger partial charge in [-0.25, -0.2) is 0 Å². The van der Waals surface area contributed by atoms with Crippen LogP contribution < -0.4 is 5.32 Å². The van der Waals surface area contributed by atoms with Crippen molar-refractivity contribution >= 4 is 22.4 Å². The average molecular weight is 299 g/mol. The van der Waals surface area contributed by atoms with Crippen LogP contribution in [0.3, 0.4) is 0 Å². The summed E-state index contributed by atoms with van der Waals surface area (Å²) in [4.78, 5) is 12.2. The number of carbonyl (C=O) groups is 1. The molecule has 0 aliphatic carbocycles. The van der Waals surface area contributed by atoms with E-state index in [1.807, 2.05) is 12.1 Å². The Morgan fingerprint density at radius 3 is 2.43 bits per heavy atom. The molecule has 0 aliphatic heterocycles. The Hall–Kier alpha value is -2.19. The van der Waals surface area contributed by atoms with E-state index in [-0.39, 0.29) is 11.3 Å². The number of aromatic nitrogens is 1. The summed E-state index contributed by atoms with van der Waals surface area (Å²) in [7, 11) is 0. The fraction of sp³-hybridized carbons (Fsp3) is 0.312. The van der Waals surface area contributed by atoms with Crippen molar-refractivity contribution in [2.75, 3.05) is 5.32 Å². The van der Waals surface area contributed by atoms with Gasteiger partial charge in [-0.05, 0) is 41.6 Å². The van der Waals surface area contributed by atoms with Gasteiger partial charge >= 0.3 is 0 Å². The number of nitrogens with zero attached hydrogens (tertiary/aromatic N) is 2.